The van der Waals surface area contributed by atoms with E-state index in [1.54, 1.807) is 12.3 Å². The van der Waals surface area contributed by atoms with Gasteiger partial charge in [0.15, 0.2) is 5.82 Å². The molecule has 1 N–H and O–H groups in total. The average molecular weight is 452 g/mol. The molecule has 8 heteroatoms. The summed E-state index contributed by atoms with van der Waals surface area (Å²) >= 11 is 12.5. The van der Waals surface area contributed by atoms with Crippen LogP contribution >= 0.6 is 23.2 Å². The van der Waals surface area contributed by atoms with Crippen LogP contribution in [-0.4, -0.2) is 51.9 Å². The number of hydrogen-bond donors (Lipinski definition) is 1. The molecule has 1 saturated heterocycles. The Morgan fingerprint density at radius 1 is 0.968 bits per heavy atom. The third-order valence-corrected chi connectivity index (χ3v) is 6.28. The minimum atomic E-state index is -0.0453. The fraction of sp³-hybridized carbons (Fsp3) is 0.174. The van der Waals surface area contributed by atoms with E-state index in [9.17, 15) is 4.79 Å². The van der Waals surface area contributed by atoms with E-state index >= 15 is 0 Å². The standard InChI is InChI=1S/C23H19Cl2N5O/c24-17-7-4-8-19(20(17)25)29-9-11-30(12-10-29)23(31)18-13-16-14-26-21(28-22(16)27-18)15-5-2-1-3-6-15/h1-8,13-14H,9-12H2,(H,26,27,28). The summed E-state index contributed by atoms with van der Waals surface area (Å²) < 4.78 is 0. The van der Waals surface area contributed by atoms with Crippen molar-refractivity contribution in [2.75, 3.05) is 31.1 Å². The van der Waals surface area contributed by atoms with Gasteiger partial charge in [-0.1, -0.05) is 59.6 Å². The molecule has 156 valence electrons. The summed E-state index contributed by atoms with van der Waals surface area (Å²) in [7, 11) is 0. The molecule has 31 heavy (non-hydrogen) atoms. The number of piperazine rings is 1. The zero-order valence-electron chi connectivity index (χ0n) is 16.6. The van der Waals surface area contributed by atoms with Crippen molar-refractivity contribution < 1.29 is 4.79 Å². The summed E-state index contributed by atoms with van der Waals surface area (Å²) in [4.78, 5) is 29.3. The van der Waals surface area contributed by atoms with Crippen LogP contribution in [0.3, 0.4) is 0 Å². The summed E-state index contributed by atoms with van der Waals surface area (Å²) in [5.74, 6) is 0.581. The number of aromatic amines is 1. The highest BCUT2D eigenvalue weighted by atomic mass is 35.5. The predicted molar refractivity (Wildman–Crippen MR) is 124 cm³/mol. The summed E-state index contributed by atoms with van der Waals surface area (Å²) in [6.07, 6.45) is 1.75. The summed E-state index contributed by atoms with van der Waals surface area (Å²) in [5, 5.41) is 1.89. The molecule has 0 unspecified atom stereocenters. The first kappa shape index (κ1) is 19.8. The molecule has 0 aliphatic carbocycles. The van der Waals surface area contributed by atoms with Gasteiger partial charge in [-0.3, -0.25) is 4.79 Å². The van der Waals surface area contributed by atoms with Gasteiger partial charge in [0.1, 0.15) is 11.3 Å². The van der Waals surface area contributed by atoms with Crippen LogP contribution in [0.2, 0.25) is 10.0 Å². The molecule has 3 heterocycles. The number of carbonyl (C=O) groups excluding carboxylic acids is 1. The van der Waals surface area contributed by atoms with Crippen molar-refractivity contribution in [3.8, 4) is 11.4 Å². The van der Waals surface area contributed by atoms with Crippen LogP contribution in [0.15, 0.2) is 60.8 Å². The van der Waals surface area contributed by atoms with Crippen molar-refractivity contribution in [1.29, 1.82) is 0 Å². The Balaban J connectivity index is 1.32. The Morgan fingerprint density at radius 2 is 1.74 bits per heavy atom. The fourth-order valence-electron chi connectivity index (χ4n) is 3.81. The number of rotatable bonds is 3. The molecule has 0 bridgehead atoms. The molecule has 4 aromatic rings. The van der Waals surface area contributed by atoms with Gasteiger partial charge in [0.05, 0.1) is 15.7 Å². The van der Waals surface area contributed by atoms with Crippen molar-refractivity contribution in [2.45, 2.75) is 0 Å². The van der Waals surface area contributed by atoms with E-state index in [-0.39, 0.29) is 5.91 Å². The minimum absolute atomic E-state index is 0.0453. The van der Waals surface area contributed by atoms with E-state index in [1.807, 2.05) is 53.4 Å². The Morgan fingerprint density at radius 3 is 2.52 bits per heavy atom. The molecule has 0 saturated carbocycles. The number of nitrogens with one attached hydrogen (secondary N) is 1. The lowest BCUT2D eigenvalue weighted by molar-refractivity contribution is 0.0742. The van der Waals surface area contributed by atoms with E-state index in [4.69, 9.17) is 23.2 Å². The van der Waals surface area contributed by atoms with E-state index in [2.05, 4.69) is 19.9 Å². The van der Waals surface area contributed by atoms with Crippen molar-refractivity contribution in [3.05, 3.63) is 76.5 Å². The molecule has 6 nitrogen and oxygen atoms in total. The largest absolute Gasteiger partial charge is 0.367 e. The lowest BCUT2D eigenvalue weighted by Crippen LogP contribution is -2.49. The minimum Gasteiger partial charge on any atom is -0.367 e. The van der Waals surface area contributed by atoms with Gasteiger partial charge >= 0.3 is 0 Å². The fourth-order valence-corrected chi connectivity index (χ4v) is 4.23. The number of H-pyrrole nitrogens is 1. The number of aromatic nitrogens is 3. The molecular weight excluding hydrogens is 433 g/mol. The molecule has 2 aromatic heterocycles. The Kier molecular flexibility index (Phi) is 5.26. The number of carbonyl (C=O) groups is 1. The van der Waals surface area contributed by atoms with Crippen LogP contribution in [0.5, 0.6) is 0 Å². The number of halogens is 2. The normalized spacial score (nSPS) is 14.3. The number of amides is 1. The van der Waals surface area contributed by atoms with Gasteiger partial charge in [-0.15, -0.1) is 0 Å². The maximum Gasteiger partial charge on any atom is 0.270 e. The van der Waals surface area contributed by atoms with Crippen molar-refractivity contribution in [2.24, 2.45) is 0 Å². The predicted octanol–water partition coefficient (Wildman–Crippen LogP) is 4.89. The molecular formula is C23H19Cl2N5O. The summed E-state index contributed by atoms with van der Waals surface area (Å²) in [6, 6.07) is 17.2. The second-order valence-corrected chi connectivity index (χ2v) is 8.18. The van der Waals surface area contributed by atoms with E-state index in [0.717, 1.165) is 16.6 Å². The van der Waals surface area contributed by atoms with Crippen LogP contribution in [0.4, 0.5) is 5.69 Å². The second-order valence-electron chi connectivity index (χ2n) is 7.40. The first-order chi connectivity index (χ1) is 15.1. The SMILES string of the molecule is O=C(c1cc2cnc(-c3ccccc3)nc2[nH]1)N1CCN(c2cccc(Cl)c2Cl)CC1. The van der Waals surface area contributed by atoms with Gasteiger partial charge in [0, 0.05) is 43.3 Å². The van der Waals surface area contributed by atoms with Crippen LogP contribution in [0.25, 0.3) is 22.4 Å². The monoisotopic (exact) mass is 451 g/mol. The number of hydrogen-bond acceptors (Lipinski definition) is 4. The zero-order valence-corrected chi connectivity index (χ0v) is 18.1. The van der Waals surface area contributed by atoms with Crippen LogP contribution in [-0.2, 0) is 0 Å². The lowest BCUT2D eigenvalue weighted by atomic mass is 10.2. The number of benzene rings is 2. The number of nitrogens with zero attached hydrogens (tertiary/aromatic N) is 4. The Bertz CT molecular complexity index is 1250. The van der Waals surface area contributed by atoms with Gasteiger partial charge in [-0.05, 0) is 18.2 Å². The molecule has 0 atom stereocenters. The highest BCUT2D eigenvalue weighted by molar-refractivity contribution is 6.43. The van der Waals surface area contributed by atoms with Gasteiger partial charge in [0.25, 0.3) is 5.91 Å². The Labute approximate surface area is 189 Å². The molecule has 1 fully saturated rings. The third kappa shape index (κ3) is 3.84. The molecule has 1 aliphatic rings. The molecule has 1 amide bonds. The summed E-state index contributed by atoms with van der Waals surface area (Å²) in [5.41, 5.74) is 3.00. The van der Waals surface area contributed by atoms with Crippen LogP contribution in [0, 0.1) is 0 Å². The van der Waals surface area contributed by atoms with Gasteiger partial charge in [-0.2, -0.15) is 0 Å². The quantitative estimate of drug-likeness (QED) is 0.481. The Hall–Kier alpha value is -3.09. The van der Waals surface area contributed by atoms with Crippen LogP contribution in [0.1, 0.15) is 10.5 Å². The highest BCUT2D eigenvalue weighted by Crippen LogP contribution is 2.33. The van der Waals surface area contributed by atoms with Gasteiger partial charge in [-0.25, -0.2) is 9.97 Å². The first-order valence-electron chi connectivity index (χ1n) is 9.99. The van der Waals surface area contributed by atoms with Gasteiger partial charge < -0.3 is 14.8 Å². The third-order valence-electron chi connectivity index (χ3n) is 5.47. The average Bonchev–Trinajstić information content (AvgIpc) is 3.24. The van der Waals surface area contributed by atoms with Crippen molar-refractivity contribution >= 4 is 45.8 Å². The van der Waals surface area contributed by atoms with E-state index in [1.165, 1.54) is 0 Å². The van der Waals surface area contributed by atoms with Crippen molar-refractivity contribution in [3.63, 3.8) is 0 Å². The highest BCUT2D eigenvalue weighted by Gasteiger charge is 2.25. The molecule has 0 radical (unpaired) electrons. The van der Waals surface area contributed by atoms with Crippen molar-refractivity contribution in [1.82, 2.24) is 19.9 Å². The number of fused-ring (bicyclic) bond motifs is 1. The van der Waals surface area contributed by atoms with Crippen LogP contribution < -0.4 is 4.90 Å². The second kappa shape index (κ2) is 8.21. The summed E-state index contributed by atoms with van der Waals surface area (Å²) in [6.45, 7) is 2.56. The maximum absolute atomic E-state index is 13.1. The zero-order chi connectivity index (χ0) is 21.4. The molecule has 1 aliphatic heterocycles. The topological polar surface area (TPSA) is 65.1 Å². The molecule has 5 rings (SSSR count). The first-order valence-corrected chi connectivity index (χ1v) is 10.7. The smallest absolute Gasteiger partial charge is 0.270 e. The van der Waals surface area contributed by atoms with E-state index < -0.39 is 0 Å². The molecule has 2 aromatic carbocycles. The van der Waals surface area contributed by atoms with Gasteiger partial charge in [0.2, 0.25) is 0 Å². The maximum atomic E-state index is 13.1. The van der Waals surface area contributed by atoms with E-state index in [0.29, 0.717) is 53.4 Å². The molecule has 0 spiro atoms. The lowest BCUT2D eigenvalue weighted by Gasteiger charge is -2.36. The number of anilines is 1.